The number of primary amides is 1. The number of rotatable bonds is 8. The summed E-state index contributed by atoms with van der Waals surface area (Å²) in [6.07, 6.45) is 15.1. The van der Waals surface area contributed by atoms with Gasteiger partial charge in [-0.1, -0.05) is 42.5 Å². The molecule has 1 aromatic heterocycles. The minimum Gasteiger partial charge on any atom is -0.456 e. The van der Waals surface area contributed by atoms with Crippen molar-refractivity contribution >= 4 is 22.4 Å². The van der Waals surface area contributed by atoms with E-state index in [2.05, 4.69) is 13.2 Å². The van der Waals surface area contributed by atoms with Crippen molar-refractivity contribution in [1.82, 2.24) is 0 Å². The van der Waals surface area contributed by atoms with Gasteiger partial charge in [-0.25, -0.2) is 0 Å². The Labute approximate surface area is 142 Å². The molecule has 0 saturated heterocycles. The van der Waals surface area contributed by atoms with Crippen molar-refractivity contribution in [3.63, 3.8) is 0 Å². The van der Waals surface area contributed by atoms with Crippen LogP contribution in [0.4, 0.5) is 0 Å². The average molecular weight is 319 g/mol. The summed E-state index contributed by atoms with van der Waals surface area (Å²) in [4.78, 5) is 11.3. The van der Waals surface area contributed by atoms with E-state index in [1.165, 1.54) is 0 Å². The van der Waals surface area contributed by atoms with Gasteiger partial charge in [-0.3, -0.25) is 4.79 Å². The van der Waals surface area contributed by atoms with E-state index >= 15 is 0 Å². The molecule has 0 fully saturated rings. The van der Waals surface area contributed by atoms with Crippen LogP contribution in [0, 0.1) is 0 Å². The lowest BCUT2D eigenvalue weighted by molar-refractivity contribution is 0.100. The second-order valence-corrected chi connectivity index (χ2v) is 5.25. The first kappa shape index (κ1) is 17.3. The number of fused-ring (bicyclic) bond motifs is 1. The van der Waals surface area contributed by atoms with E-state index in [4.69, 9.17) is 10.2 Å². The fourth-order valence-electron chi connectivity index (χ4n) is 2.25. The third-order valence-electron chi connectivity index (χ3n) is 3.44. The molecule has 1 aromatic carbocycles. The predicted molar refractivity (Wildman–Crippen MR) is 101 cm³/mol. The second kappa shape index (κ2) is 8.53. The van der Waals surface area contributed by atoms with Gasteiger partial charge in [-0.2, -0.15) is 0 Å². The summed E-state index contributed by atoms with van der Waals surface area (Å²) in [5.74, 6) is 0.307. The van der Waals surface area contributed by atoms with Crippen LogP contribution in [0.2, 0.25) is 0 Å². The Kier molecular flexibility index (Phi) is 6.15. The SMILES string of the molecule is C=CCC=CC=CC=C(CC=C)c1cc2cc(C(N)=O)ccc2o1. The van der Waals surface area contributed by atoms with Crippen molar-refractivity contribution in [2.24, 2.45) is 5.73 Å². The third-order valence-corrected chi connectivity index (χ3v) is 3.44. The second-order valence-electron chi connectivity index (χ2n) is 5.25. The van der Waals surface area contributed by atoms with Crippen LogP contribution in [0.1, 0.15) is 29.0 Å². The maximum absolute atomic E-state index is 11.3. The van der Waals surface area contributed by atoms with Gasteiger partial charge < -0.3 is 10.2 Å². The molecule has 2 N–H and O–H groups in total. The number of allylic oxidation sites excluding steroid dienone is 8. The average Bonchev–Trinajstić information content (AvgIpc) is 2.99. The summed E-state index contributed by atoms with van der Waals surface area (Å²) >= 11 is 0. The lowest BCUT2D eigenvalue weighted by Gasteiger charge is -1.98. The molecule has 2 aromatic rings. The fourth-order valence-corrected chi connectivity index (χ4v) is 2.25. The molecule has 0 radical (unpaired) electrons. The molecule has 0 saturated carbocycles. The van der Waals surface area contributed by atoms with Gasteiger partial charge in [0.2, 0.25) is 5.91 Å². The Hall–Kier alpha value is -3.07. The van der Waals surface area contributed by atoms with E-state index < -0.39 is 5.91 Å². The highest BCUT2D eigenvalue weighted by Crippen LogP contribution is 2.27. The minimum absolute atomic E-state index is 0.448. The van der Waals surface area contributed by atoms with Gasteiger partial charge in [0.05, 0.1) is 0 Å². The third kappa shape index (κ3) is 4.46. The van der Waals surface area contributed by atoms with Gasteiger partial charge in [0.15, 0.2) is 0 Å². The van der Waals surface area contributed by atoms with Gasteiger partial charge in [0.25, 0.3) is 0 Å². The molecule has 3 nitrogen and oxygen atoms in total. The number of benzene rings is 1. The fraction of sp³-hybridized carbons (Fsp3) is 0.0952. The Bertz CT molecular complexity index is 835. The highest BCUT2D eigenvalue weighted by atomic mass is 16.3. The molecule has 1 heterocycles. The van der Waals surface area contributed by atoms with E-state index in [0.29, 0.717) is 12.0 Å². The Balaban J connectivity index is 2.29. The zero-order valence-corrected chi connectivity index (χ0v) is 13.6. The maximum Gasteiger partial charge on any atom is 0.248 e. The lowest BCUT2D eigenvalue weighted by Crippen LogP contribution is -2.10. The minimum atomic E-state index is -0.448. The Morgan fingerprint density at radius 2 is 1.96 bits per heavy atom. The first-order chi connectivity index (χ1) is 11.7. The normalized spacial score (nSPS) is 12.2. The standard InChI is InChI=1S/C21H21NO2/c1-3-5-6-7-8-9-11-16(10-4-2)20-15-18-14-17(21(22)23)12-13-19(18)24-20/h3-4,6-9,11-15H,1-2,5,10H2,(H2,22,23). The molecule has 2 rings (SSSR count). The molecule has 0 unspecified atom stereocenters. The van der Waals surface area contributed by atoms with Crippen LogP contribution in [-0.4, -0.2) is 5.91 Å². The van der Waals surface area contributed by atoms with Gasteiger partial charge >= 0.3 is 0 Å². The van der Waals surface area contributed by atoms with Crippen LogP contribution in [0.3, 0.4) is 0 Å². The molecule has 24 heavy (non-hydrogen) atoms. The number of amides is 1. The molecule has 0 atom stereocenters. The molecular weight excluding hydrogens is 298 g/mol. The van der Waals surface area contributed by atoms with Crippen molar-refractivity contribution in [1.29, 1.82) is 0 Å². The highest BCUT2D eigenvalue weighted by molar-refractivity contribution is 5.97. The molecule has 0 aliphatic heterocycles. The van der Waals surface area contributed by atoms with E-state index in [0.717, 1.165) is 28.7 Å². The van der Waals surface area contributed by atoms with Gasteiger partial charge in [-0.15, -0.1) is 13.2 Å². The number of furan rings is 1. The zero-order valence-electron chi connectivity index (χ0n) is 13.6. The van der Waals surface area contributed by atoms with E-state index in [-0.39, 0.29) is 0 Å². The monoisotopic (exact) mass is 319 g/mol. The first-order valence-electron chi connectivity index (χ1n) is 7.73. The van der Waals surface area contributed by atoms with Crippen LogP contribution >= 0.6 is 0 Å². The number of carbonyl (C=O) groups is 1. The zero-order chi connectivity index (χ0) is 17.4. The molecule has 0 aliphatic rings. The van der Waals surface area contributed by atoms with Crippen molar-refractivity contribution in [2.75, 3.05) is 0 Å². The summed E-state index contributed by atoms with van der Waals surface area (Å²) in [5.41, 5.74) is 7.52. The highest BCUT2D eigenvalue weighted by Gasteiger charge is 2.09. The quantitative estimate of drug-likeness (QED) is 0.538. The Morgan fingerprint density at radius 1 is 1.12 bits per heavy atom. The van der Waals surface area contributed by atoms with E-state index in [9.17, 15) is 4.79 Å². The first-order valence-corrected chi connectivity index (χ1v) is 7.73. The smallest absolute Gasteiger partial charge is 0.248 e. The number of nitrogens with two attached hydrogens (primary N) is 1. The molecule has 122 valence electrons. The number of hydrogen-bond donors (Lipinski definition) is 1. The molecule has 1 amide bonds. The topological polar surface area (TPSA) is 56.2 Å². The van der Waals surface area contributed by atoms with E-state index in [1.807, 2.05) is 48.6 Å². The predicted octanol–water partition coefficient (Wildman–Crippen LogP) is 5.18. The van der Waals surface area contributed by atoms with Crippen molar-refractivity contribution in [3.8, 4) is 0 Å². The molecule has 0 aliphatic carbocycles. The summed E-state index contributed by atoms with van der Waals surface area (Å²) < 4.78 is 5.88. The van der Waals surface area contributed by atoms with Crippen LogP contribution in [0.5, 0.6) is 0 Å². The van der Waals surface area contributed by atoms with Gasteiger partial charge in [0, 0.05) is 10.9 Å². The largest absolute Gasteiger partial charge is 0.456 e. The van der Waals surface area contributed by atoms with Crippen molar-refractivity contribution in [3.05, 3.63) is 91.3 Å². The van der Waals surface area contributed by atoms with Crippen molar-refractivity contribution < 1.29 is 9.21 Å². The number of hydrogen-bond acceptors (Lipinski definition) is 2. The van der Waals surface area contributed by atoms with Gasteiger partial charge in [0.1, 0.15) is 11.3 Å². The van der Waals surface area contributed by atoms with Crippen LogP contribution < -0.4 is 5.73 Å². The summed E-state index contributed by atoms with van der Waals surface area (Å²) in [6.45, 7) is 7.46. The van der Waals surface area contributed by atoms with Crippen LogP contribution in [-0.2, 0) is 0 Å². The van der Waals surface area contributed by atoms with E-state index in [1.54, 1.807) is 18.2 Å². The van der Waals surface area contributed by atoms with Crippen LogP contribution in [0.15, 0.2) is 84.4 Å². The van der Waals surface area contributed by atoms with Gasteiger partial charge in [-0.05, 0) is 42.7 Å². The number of carbonyl (C=O) groups excluding carboxylic acids is 1. The molecule has 0 spiro atoms. The maximum atomic E-state index is 11.3. The molecule has 0 bridgehead atoms. The summed E-state index contributed by atoms with van der Waals surface area (Å²) in [5, 5.41) is 0.853. The Morgan fingerprint density at radius 3 is 2.67 bits per heavy atom. The lowest BCUT2D eigenvalue weighted by atomic mass is 10.1. The summed E-state index contributed by atoms with van der Waals surface area (Å²) in [7, 11) is 0. The van der Waals surface area contributed by atoms with Crippen molar-refractivity contribution in [2.45, 2.75) is 12.8 Å². The van der Waals surface area contributed by atoms with Crippen LogP contribution in [0.25, 0.3) is 16.5 Å². The molecule has 3 heteroatoms. The molecular formula is C21H21NO2. The summed E-state index contributed by atoms with van der Waals surface area (Å²) in [6, 6.07) is 7.08.